The second-order valence-corrected chi connectivity index (χ2v) is 10.5. The maximum atomic E-state index is 13.3. The zero-order valence-electron chi connectivity index (χ0n) is 19.4. The second-order valence-electron chi connectivity index (χ2n) is 8.77. The first-order chi connectivity index (χ1) is 16.2. The topological polar surface area (TPSA) is 135 Å². The summed E-state index contributed by atoms with van der Waals surface area (Å²) >= 11 is 0. The highest BCUT2D eigenvalue weighted by Crippen LogP contribution is 2.19. The molecule has 1 aliphatic heterocycles. The average Bonchev–Trinajstić information content (AvgIpc) is 2.81. The van der Waals surface area contributed by atoms with Crippen LogP contribution in [0, 0.1) is 11.8 Å². The van der Waals surface area contributed by atoms with Crippen LogP contribution in [-0.4, -0.2) is 48.4 Å². The minimum atomic E-state index is -3.95. The molecule has 1 amide bonds. The lowest BCUT2D eigenvalue weighted by atomic mass is 9.87. The lowest BCUT2D eigenvalue weighted by Crippen LogP contribution is -2.46. The highest BCUT2D eigenvalue weighted by molar-refractivity contribution is 7.89. The summed E-state index contributed by atoms with van der Waals surface area (Å²) in [4.78, 5) is 47.4. The minimum Gasteiger partial charge on any atom is -0.349 e. The van der Waals surface area contributed by atoms with Crippen LogP contribution in [-0.2, 0) is 37.2 Å². The Morgan fingerprint density at radius 1 is 1.15 bits per heavy atom. The van der Waals surface area contributed by atoms with Gasteiger partial charge in [0, 0.05) is 43.6 Å². The van der Waals surface area contributed by atoms with E-state index >= 15 is 0 Å². The third kappa shape index (κ3) is 6.77. The van der Waals surface area contributed by atoms with E-state index < -0.39 is 39.5 Å². The van der Waals surface area contributed by atoms with Crippen molar-refractivity contribution in [2.75, 3.05) is 6.54 Å². The Hall–Kier alpha value is -2.98. The van der Waals surface area contributed by atoms with Crippen molar-refractivity contribution >= 4 is 27.5 Å². The number of nitrogens with zero attached hydrogens (tertiary/aromatic N) is 2. The van der Waals surface area contributed by atoms with Crippen LogP contribution in [0.4, 0.5) is 0 Å². The van der Waals surface area contributed by atoms with E-state index in [4.69, 9.17) is 0 Å². The van der Waals surface area contributed by atoms with Crippen LogP contribution in [0.2, 0.25) is 0 Å². The number of hydrogen-bond donors (Lipinski definition) is 2. The average molecular weight is 487 g/mol. The monoisotopic (exact) mass is 486 g/mol. The van der Waals surface area contributed by atoms with Crippen LogP contribution in [0.3, 0.4) is 0 Å². The summed E-state index contributed by atoms with van der Waals surface area (Å²) in [6, 6.07) is 8.38. The van der Waals surface area contributed by atoms with E-state index in [0.29, 0.717) is 30.9 Å². The van der Waals surface area contributed by atoms with Crippen LogP contribution in [0.1, 0.15) is 44.6 Å². The summed E-state index contributed by atoms with van der Waals surface area (Å²) in [5, 5.41) is 2.62. The molecule has 9 nitrogen and oxygen atoms in total. The maximum Gasteiger partial charge on any atom is 0.287 e. The quantitative estimate of drug-likeness (QED) is 0.568. The zero-order chi connectivity index (χ0) is 24.7. The molecule has 0 radical (unpaired) electrons. The highest BCUT2D eigenvalue weighted by Gasteiger charge is 2.34. The summed E-state index contributed by atoms with van der Waals surface area (Å²) in [5.41, 5.74) is 0.565. The Balaban J connectivity index is 1.84. The Labute approximate surface area is 199 Å². The Morgan fingerprint density at radius 3 is 2.59 bits per heavy atom. The number of rotatable bonds is 7. The molecule has 2 unspecified atom stereocenters. The molecule has 1 aromatic heterocycles. The molecule has 0 saturated carbocycles. The van der Waals surface area contributed by atoms with E-state index in [1.165, 1.54) is 12.1 Å². The van der Waals surface area contributed by atoms with Gasteiger partial charge in [0.1, 0.15) is 5.82 Å². The van der Waals surface area contributed by atoms with E-state index in [-0.39, 0.29) is 23.7 Å². The van der Waals surface area contributed by atoms with Crippen molar-refractivity contribution in [3.05, 3.63) is 54.1 Å². The summed E-state index contributed by atoms with van der Waals surface area (Å²) in [5.74, 6) is -2.58. The maximum absolute atomic E-state index is 13.3. The molecule has 2 aromatic rings. The van der Waals surface area contributed by atoms with Gasteiger partial charge in [0.25, 0.3) is 5.91 Å². The summed E-state index contributed by atoms with van der Waals surface area (Å²) in [6.45, 7) is 3.79. The molecule has 2 atom stereocenters. The predicted molar refractivity (Wildman–Crippen MR) is 125 cm³/mol. The Bertz CT molecular complexity index is 1140. The number of aromatic nitrogens is 2. The third-order valence-corrected chi connectivity index (χ3v) is 7.18. The molecule has 182 valence electrons. The number of ketones is 2. The van der Waals surface area contributed by atoms with E-state index in [1.807, 2.05) is 0 Å². The smallest absolute Gasteiger partial charge is 0.287 e. The highest BCUT2D eigenvalue weighted by atomic mass is 32.2. The number of amides is 1. The lowest BCUT2D eigenvalue weighted by molar-refractivity contribution is -0.141. The molecule has 2 bridgehead atoms. The van der Waals surface area contributed by atoms with Crippen LogP contribution < -0.4 is 10.0 Å². The number of hydrogen-bond acceptors (Lipinski definition) is 7. The number of carbonyl (C=O) groups excluding carboxylic acids is 3. The largest absolute Gasteiger partial charge is 0.349 e. The number of benzene rings is 1. The van der Waals surface area contributed by atoms with Crippen LogP contribution in [0.15, 0.2) is 47.5 Å². The summed E-state index contributed by atoms with van der Waals surface area (Å²) in [7, 11) is -3.95. The predicted octanol–water partition coefficient (Wildman–Crippen LogP) is 1.62. The summed E-state index contributed by atoms with van der Waals surface area (Å²) < 4.78 is 28.1. The van der Waals surface area contributed by atoms with Gasteiger partial charge in [0.15, 0.2) is 5.78 Å². The third-order valence-electron chi connectivity index (χ3n) is 5.72. The first-order valence-corrected chi connectivity index (χ1v) is 12.9. The SMILES string of the molecule is CC(C)C(NS(=O)(=O)c1ccccc1)C(=O)CC1Cc2ccnc(n2)CCCCNC(=O)C1=O. The van der Waals surface area contributed by atoms with Crippen LogP contribution >= 0.6 is 0 Å². The van der Waals surface area contributed by atoms with E-state index in [9.17, 15) is 22.8 Å². The molecule has 0 aliphatic carbocycles. The fourth-order valence-corrected chi connectivity index (χ4v) is 5.24. The zero-order valence-corrected chi connectivity index (χ0v) is 20.2. The van der Waals surface area contributed by atoms with Crippen molar-refractivity contribution in [1.82, 2.24) is 20.0 Å². The Morgan fingerprint density at radius 2 is 1.88 bits per heavy atom. The number of aryl methyl sites for hydroxylation is 1. The molecular weight excluding hydrogens is 456 g/mol. The van der Waals surface area contributed by atoms with Gasteiger partial charge in [0.05, 0.1) is 10.9 Å². The van der Waals surface area contributed by atoms with Gasteiger partial charge < -0.3 is 5.32 Å². The number of Topliss-reactive ketones (excluding diaryl/α,β-unsaturated/α-hetero) is 2. The van der Waals surface area contributed by atoms with Gasteiger partial charge in [-0.1, -0.05) is 32.0 Å². The van der Waals surface area contributed by atoms with Gasteiger partial charge in [0.2, 0.25) is 15.8 Å². The van der Waals surface area contributed by atoms with Crippen LogP contribution in [0.5, 0.6) is 0 Å². The van der Waals surface area contributed by atoms with Crippen molar-refractivity contribution in [3.63, 3.8) is 0 Å². The summed E-state index contributed by atoms with van der Waals surface area (Å²) in [6.07, 6.45) is 3.51. The molecule has 3 rings (SSSR count). The molecule has 34 heavy (non-hydrogen) atoms. The number of sulfonamides is 1. The molecule has 10 heteroatoms. The Kier molecular flexibility index (Phi) is 8.62. The van der Waals surface area contributed by atoms with E-state index in [2.05, 4.69) is 20.0 Å². The van der Waals surface area contributed by atoms with Gasteiger partial charge in [-0.3, -0.25) is 14.4 Å². The van der Waals surface area contributed by atoms with Gasteiger partial charge in [-0.25, -0.2) is 23.1 Å². The number of carbonyl (C=O) groups is 3. The van der Waals surface area contributed by atoms with Crippen molar-refractivity contribution < 1.29 is 22.8 Å². The molecule has 1 aliphatic rings. The first kappa shape index (κ1) is 25.6. The lowest BCUT2D eigenvalue weighted by Gasteiger charge is -2.23. The molecule has 1 aromatic carbocycles. The van der Waals surface area contributed by atoms with Crippen molar-refractivity contribution in [2.24, 2.45) is 11.8 Å². The van der Waals surface area contributed by atoms with Crippen molar-refractivity contribution in [1.29, 1.82) is 0 Å². The molecule has 2 N–H and O–H groups in total. The first-order valence-electron chi connectivity index (χ1n) is 11.4. The van der Waals surface area contributed by atoms with Gasteiger partial charge in [-0.15, -0.1) is 0 Å². The fraction of sp³-hybridized carbons (Fsp3) is 0.458. The van der Waals surface area contributed by atoms with Gasteiger partial charge in [-0.2, -0.15) is 0 Å². The minimum absolute atomic E-state index is 0.0448. The van der Waals surface area contributed by atoms with E-state index in [1.54, 1.807) is 44.3 Å². The fourth-order valence-electron chi connectivity index (χ4n) is 3.85. The molecular formula is C24H30N4O5S. The van der Waals surface area contributed by atoms with Gasteiger partial charge in [-0.05, 0) is 37.0 Å². The normalized spacial score (nSPS) is 18.5. The molecule has 0 saturated heterocycles. The van der Waals surface area contributed by atoms with Gasteiger partial charge >= 0.3 is 0 Å². The molecule has 0 spiro atoms. The number of fused-ring (bicyclic) bond motifs is 2. The number of nitrogens with one attached hydrogen (secondary N) is 2. The van der Waals surface area contributed by atoms with Crippen LogP contribution in [0.25, 0.3) is 0 Å². The molecule has 2 heterocycles. The molecule has 0 fully saturated rings. The standard InChI is InChI=1S/C24H30N4O5S/c1-16(2)22(28-34(32,33)19-8-4-3-5-9-19)20(29)15-17-14-18-11-13-25-21(27-18)10-6-7-12-26-24(31)23(17)30/h3-5,8-9,11,13,16-17,22,28H,6-7,10,12,14-15H2,1-2H3,(H,26,31). The van der Waals surface area contributed by atoms with E-state index in [0.717, 1.165) is 6.42 Å². The van der Waals surface area contributed by atoms with Crippen molar-refractivity contribution in [3.8, 4) is 0 Å². The van der Waals surface area contributed by atoms with Crippen molar-refractivity contribution in [2.45, 2.75) is 56.9 Å². The second kappa shape index (κ2) is 11.4.